The molecule has 2 fully saturated rings. The highest BCUT2D eigenvalue weighted by Gasteiger charge is 2.41. The Hall–Kier alpha value is -2.86. The number of anilines is 2. The molecule has 2 unspecified atom stereocenters. The van der Waals surface area contributed by atoms with Gasteiger partial charge in [0.05, 0.1) is 17.8 Å². The molecule has 3 heterocycles. The minimum Gasteiger partial charge on any atom is -0.378 e. The predicted octanol–water partition coefficient (Wildman–Crippen LogP) is 5.63. The molecule has 32 heavy (non-hydrogen) atoms. The molecule has 1 aliphatic heterocycles. The van der Waals surface area contributed by atoms with Gasteiger partial charge in [-0.1, -0.05) is 25.3 Å². The van der Waals surface area contributed by atoms with E-state index in [1.165, 1.54) is 43.4 Å². The fourth-order valence-corrected chi connectivity index (χ4v) is 5.44. The Morgan fingerprint density at radius 3 is 2.47 bits per heavy atom. The zero-order valence-electron chi connectivity index (χ0n) is 18.8. The summed E-state index contributed by atoms with van der Waals surface area (Å²) < 4.78 is 2.43. The quantitative estimate of drug-likeness (QED) is 0.515. The van der Waals surface area contributed by atoms with Gasteiger partial charge in [0, 0.05) is 50.1 Å². The summed E-state index contributed by atoms with van der Waals surface area (Å²) in [6.07, 6.45) is 13.0. The van der Waals surface area contributed by atoms with Crippen LogP contribution in [0.1, 0.15) is 61.5 Å². The molecule has 6 heteroatoms. The van der Waals surface area contributed by atoms with E-state index in [-0.39, 0.29) is 12.1 Å². The zero-order valence-corrected chi connectivity index (χ0v) is 19.6. The van der Waals surface area contributed by atoms with Crippen LogP contribution in [0.15, 0.2) is 67.1 Å². The summed E-state index contributed by atoms with van der Waals surface area (Å²) in [4.78, 5) is 9.04. The predicted molar refractivity (Wildman–Crippen MR) is 135 cm³/mol. The van der Waals surface area contributed by atoms with Gasteiger partial charge in [-0.3, -0.25) is 4.98 Å². The Morgan fingerprint density at radius 2 is 1.78 bits per heavy atom. The number of benzene rings is 1. The lowest BCUT2D eigenvalue weighted by Gasteiger charge is -2.28. The van der Waals surface area contributed by atoms with Gasteiger partial charge in [-0.2, -0.15) is 0 Å². The van der Waals surface area contributed by atoms with Crippen LogP contribution in [0.3, 0.4) is 0 Å². The van der Waals surface area contributed by atoms with Crippen LogP contribution in [0.2, 0.25) is 0 Å². The van der Waals surface area contributed by atoms with Gasteiger partial charge in [-0.15, -0.1) is 0 Å². The number of pyridine rings is 1. The molecule has 2 aromatic heterocycles. The molecular weight excluding hydrogens is 414 g/mol. The van der Waals surface area contributed by atoms with E-state index < -0.39 is 0 Å². The average Bonchev–Trinajstić information content (AvgIpc) is 3.45. The molecule has 5 nitrogen and oxygen atoms in total. The van der Waals surface area contributed by atoms with E-state index in [0.717, 1.165) is 16.5 Å². The molecule has 3 aromatic rings. The van der Waals surface area contributed by atoms with Crippen molar-refractivity contribution >= 4 is 28.7 Å². The van der Waals surface area contributed by atoms with Crippen LogP contribution in [0.25, 0.3) is 0 Å². The number of hydrogen-bond acceptors (Lipinski definition) is 3. The van der Waals surface area contributed by atoms with Gasteiger partial charge in [0.2, 0.25) is 0 Å². The van der Waals surface area contributed by atoms with Gasteiger partial charge in [0.15, 0.2) is 5.11 Å². The van der Waals surface area contributed by atoms with Crippen molar-refractivity contribution in [2.45, 2.75) is 50.2 Å². The molecule has 0 spiro atoms. The van der Waals surface area contributed by atoms with Gasteiger partial charge < -0.3 is 19.7 Å². The number of aromatic nitrogens is 2. The van der Waals surface area contributed by atoms with E-state index in [9.17, 15) is 0 Å². The van der Waals surface area contributed by atoms with Crippen LogP contribution in [0.4, 0.5) is 11.4 Å². The van der Waals surface area contributed by atoms with Crippen LogP contribution in [-0.4, -0.2) is 28.8 Å². The van der Waals surface area contributed by atoms with Crippen molar-refractivity contribution in [3.05, 3.63) is 78.4 Å². The van der Waals surface area contributed by atoms with Crippen molar-refractivity contribution in [2.24, 2.45) is 0 Å². The lowest BCUT2D eigenvalue weighted by Crippen LogP contribution is -2.29. The highest BCUT2D eigenvalue weighted by Crippen LogP contribution is 2.42. The molecule has 0 amide bonds. The Morgan fingerprint density at radius 1 is 1.00 bits per heavy atom. The second-order valence-corrected chi connectivity index (χ2v) is 9.48. The van der Waals surface area contributed by atoms with Crippen molar-refractivity contribution in [3.63, 3.8) is 0 Å². The third-order valence-electron chi connectivity index (χ3n) is 6.82. The fourth-order valence-electron chi connectivity index (χ4n) is 5.09. The fraction of sp³-hybridized carbons (Fsp3) is 0.385. The van der Waals surface area contributed by atoms with Gasteiger partial charge in [0.1, 0.15) is 0 Å². The maximum Gasteiger partial charge on any atom is 0.174 e. The van der Waals surface area contributed by atoms with E-state index in [2.05, 4.69) is 87.6 Å². The standard InChI is InChI=1S/C26H31N5S/c1-29(2)20-11-13-22(14-12-20)31-25(24(28-26(31)32)23-10-6-7-16-27-23)19-15-17-30(18-19)21-8-4-3-5-9-21/h6-7,10-18,21,24-25H,3-5,8-9H2,1-2H3,(H,28,32). The topological polar surface area (TPSA) is 36.3 Å². The van der Waals surface area contributed by atoms with Crippen molar-refractivity contribution in [2.75, 3.05) is 23.9 Å². The third-order valence-corrected chi connectivity index (χ3v) is 7.13. The van der Waals surface area contributed by atoms with Gasteiger partial charge in [-0.25, -0.2) is 0 Å². The largest absolute Gasteiger partial charge is 0.378 e. The Labute approximate surface area is 196 Å². The molecule has 1 aliphatic carbocycles. The minimum atomic E-state index is -0.000527. The molecule has 0 bridgehead atoms. The van der Waals surface area contributed by atoms with Crippen LogP contribution >= 0.6 is 12.2 Å². The van der Waals surface area contributed by atoms with Crippen molar-refractivity contribution in [1.82, 2.24) is 14.9 Å². The molecule has 5 rings (SSSR count). The van der Waals surface area contributed by atoms with E-state index in [1.807, 2.05) is 18.3 Å². The molecule has 1 N–H and O–H groups in total. The average molecular weight is 446 g/mol. The number of rotatable bonds is 5. The molecular formula is C26H31N5S. The second-order valence-electron chi connectivity index (χ2n) is 9.09. The zero-order chi connectivity index (χ0) is 22.1. The van der Waals surface area contributed by atoms with Gasteiger partial charge >= 0.3 is 0 Å². The van der Waals surface area contributed by atoms with Crippen molar-refractivity contribution in [1.29, 1.82) is 0 Å². The molecule has 0 radical (unpaired) electrons. The highest BCUT2D eigenvalue weighted by molar-refractivity contribution is 7.80. The maximum absolute atomic E-state index is 5.86. The molecule has 1 saturated carbocycles. The Bertz CT molecular complexity index is 1050. The monoisotopic (exact) mass is 445 g/mol. The summed E-state index contributed by atoms with van der Waals surface area (Å²) >= 11 is 5.86. The first-order chi connectivity index (χ1) is 15.6. The molecule has 1 saturated heterocycles. The summed E-state index contributed by atoms with van der Waals surface area (Å²) in [5.41, 5.74) is 4.56. The molecule has 2 aliphatic rings. The molecule has 2 atom stereocenters. The van der Waals surface area contributed by atoms with Crippen molar-refractivity contribution in [3.8, 4) is 0 Å². The van der Waals surface area contributed by atoms with Crippen molar-refractivity contribution < 1.29 is 0 Å². The lowest BCUT2D eigenvalue weighted by molar-refractivity contribution is 0.353. The van der Waals surface area contributed by atoms with Crippen LogP contribution < -0.4 is 15.1 Å². The number of hydrogen-bond donors (Lipinski definition) is 1. The number of nitrogens with zero attached hydrogens (tertiary/aromatic N) is 4. The summed E-state index contributed by atoms with van der Waals surface area (Å²) in [6, 6.07) is 17.6. The summed E-state index contributed by atoms with van der Waals surface area (Å²) in [5.74, 6) is 0. The smallest absolute Gasteiger partial charge is 0.174 e. The van der Waals surface area contributed by atoms with E-state index in [0.29, 0.717) is 6.04 Å². The van der Waals surface area contributed by atoms with Crippen LogP contribution in [0, 0.1) is 0 Å². The summed E-state index contributed by atoms with van der Waals surface area (Å²) in [5, 5.41) is 4.31. The highest BCUT2D eigenvalue weighted by atomic mass is 32.1. The first-order valence-corrected chi connectivity index (χ1v) is 12.0. The summed E-state index contributed by atoms with van der Waals surface area (Å²) in [6.45, 7) is 0. The number of thiocarbonyl (C=S) groups is 1. The third kappa shape index (κ3) is 3.99. The van der Waals surface area contributed by atoms with Gasteiger partial charge in [0.25, 0.3) is 0 Å². The van der Waals surface area contributed by atoms with Crippen LogP contribution in [0.5, 0.6) is 0 Å². The Kier molecular flexibility index (Phi) is 5.87. The second kappa shape index (κ2) is 8.94. The Balaban J connectivity index is 1.53. The number of nitrogens with one attached hydrogen (secondary N) is 1. The lowest BCUT2D eigenvalue weighted by atomic mass is 9.95. The maximum atomic E-state index is 5.86. The molecule has 166 valence electrons. The normalized spacial score (nSPS) is 21.6. The van der Waals surface area contributed by atoms with E-state index in [4.69, 9.17) is 12.2 Å². The molecule has 1 aromatic carbocycles. The van der Waals surface area contributed by atoms with E-state index in [1.54, 1.807) is 0 Å². The summed E-state index contributed by atoms with van der Waals surface area (Å²) in [7, 11) is 4.12. The van der Waals surface area contributed by atoms with Gasteiger partial charge in [-0.05, 0) is 73.1 Å². The van der Waals surface area contributed by atoms with E-state index >= 15 is 0 Å². The minimum absolute atomic E-state index is 0.000527. The van der Waals surface area contributed by atoms with Crippen LogP contribution in [-0.2, 0) is 0 Å². The first kappa shape index (κ1) is 21.0. The first-order valence-electron chi connectivity index (χ1n) is 11.6. The SMILES string of the molecule is CN(C)c1ccc(N2C(=S)NC(c3ccccn3)C2c2ccn(C3CCCCC3)c2)cc1.